The normalized spacial score (nSPS) is 10.7. The Bertz CT molecular complexity index is 1290. The average molecular weight is 398 g/mol. The SMILES string of the molecule is COC(=O)Cc1cccc2c(=O)c(C(=O)c3ccccc3)c(-c3ccccc3)oc12. The quantitative estimate of drug-likeness (QED) is 0.368. The van der Waals surface area contributed by atoms with Gasteiger partial charge in [-0.15, -0.1) is 0 Å². The van der Waals surface area contributed by atoms with Crippen molar-refractivity contribution in [2.75, 3.05) is 7.11 Å². The van der Waals surface area contributed by atoms with Crippen molar-refractivity contribution in [1.29, 1.82) is 0 Å². The number of fused-ring (bicyclic) bond motifs is 1. The molecule has 0 aliphatic rings. The summed E-state index contributed by atoms with van der Waals surface area (Å²) >= 11 is 0. The highest BCUT2D eigenvalue weighted by Gasteiger charge is 2.24. The number of ketones is 1. The van der Waals surface area contributed by atoms with E-state index in [0.29, 0.717) is 16.7 Å². The average Bonchev–Trinajstić information content (AvgIpc) is 2.80. The molecule has 3 aromatic carbocycles. The fourth-order valence-electron chi connectivity index (χ4n) is 3.37. The third-order valence-electron chi connectivity index (χ3n) is 4.86. The summed E-state index contributed by atoms with van der Waals surface area (Å²) in [5, 5.41) is 0.246. The minimum Gasteiger partial charge on any atom is -0.469 e. The van der Waals surface area contributed by atoms with Gasteiger partial charge >= 0.3 is 5.97 Å². The predicted molar refractivity (Wildman–Crippen MR) is 114 cm³/mol. The summed E-state index contributed by atoms with van der Waals surface area (Å²) in [5.41, 5.74) is 1.32. The molecule has 148 valence electrons. The van der Waals surface area contributed by atoms with Crippen LogP contribution < -0.4 is 5.43 Å². The number of methoxy groups -OCH3 is 1. The van der Waals surface area contributed by atoms with Gasteiger partial charge in [-0.05, 0) is 6.07 Å². The lowest BCUT2D eigenvalue weighted by molar-refractivity contribution is -0.139. The first-order valence-electron chi connectivity index (χ1n) is 9.41. The fraction of sp³-hybridized carbons (Fsp3) is 0.0800. The predicted octanol–water partition coefficient (Wildman–Crippen LogP) is 4.41. The molecule has 0 saturated carbocycles. The topological polar surface area (TPSA) is 73.6 Å². The lowest BCUT2D eigenvalue weighted by atomic mass is 9.96. The van der Waals surface area contributed by atoms with Gasteiger partial charge in [0, 0.05) is 16.7 Å². The van der Waals surface area contributed by atoms with E-state index in [2.05, 4.69) is 0 Å². The Hall–Kier alpha value is -3.99. The van der Waals surface area contributed by atoms with E-state index >= 15 is 0 Å². The van der Waals surface area contributed by atoms with E-state index in [4.69, 9.17) is 9.15 Å². The Morgan fingerprint density at radius 2 is 1.53 bits per heavy atom. The highest BCUT2D eigenvalue weighted by molar-refractivity contribution is 6.13. The Labute approximate surface area is 172 Å². The van der Waals surface area contributed by atoms with Gasteiger partial charge in [0.25, 0.3) is 0 Å². The summed E-state index contributed by atoms with van der Waals surface area (Å²) in [6.45, 7) is 0. The van der Waals surface area contributed by atoms with Gasteiger partial charge < -0.3 is 9.15 Å². The third kappa shape index (κ3) is 3.53. The number of rotatable bonds is 5. The molecule has 0 amide bonds. The van der Waals surface area contributed by atoms with Crippen LogP contribution >= 0.6 is 0 Å². The standard InChI is InChI=1S/C25H18O5/c1-29-20(26)15-18-13-8-14-19-23(28)21(22(27)16-9-4-2-5-10-16)25(30-24(18)19)17-11-6-3-7-12-17/h2-14H,15H2,1H3. The van der Waals surface area contributed by atoms with Crippen molar-refractivity contribution in [3.63, 3.8) is 0 Å². The summed E-state index contributed by atoms with van der Waals surface area (Å²) in [5.74, 6) is -0.682. The molecule has 0 bridgehead atoms. The summed E-state index contributed by atoms with van der Waals surface area (Å²) in [4.78, 5) is 38.6. The highest BCUT2D eigenvalue weighted by Crippen LogP contribution is 2.29. The van der Waals surface area contributed by atoms with Crippen LogP contribution in [-0.2, 0) is 16.0 Å². The van der Waals surface area contributed by atoms with E-state index < -0.39 is 17.2 Å². The summed E-state index contributed by atoms with van der Waals surface area (Å²) in [7, 11) is 1.30. The number of ether oxygens (including phenoxy) is 1. The molecule has 0 aliphatic carbocycles. The van der Waals surface area contributed by atoms with Crippen LogP contribution in [0.1, 0.15) is 21.5 Å². The first-order valence-corrected chi connectivity index (χ1v) is 9.41. The monoisotopic (exact) mass is 398 g/mol. The minimum absolute atomic E-state index is 0.0323. The van der Waals surface area contributed by atoms with Crippen LogP contribution in [-0.4, -0.2) is 18.9 Å². The number of hydrogen-bond donors (Lipinski definition) is 0. The smallest absolute Gasteiger partial charge is 0.310 e. The van der Waals surface area contributed by atoms with Gasteiger partial charge in [0.2, 0.25) is 11.2 Å². The van der Waals surface area contributed by atoms with Crippen LogP contribution in [0, 0.1) is 0 Å². The van der Waals surface area contributed by atoms with Gasteiger partial charge in [0.1, 0.15) is 16.9 Å². The van der Waals surface area contributed by atoms with Crippen molar-refractivity contribution in [3.05, 3.63) is 106 Å². The van der Waals surface area contributed by atoms with Gasteiger partial charge in [0.05, 0.1) is 18.9 Å². The summed E-state index contributed by atoms with van der Waals surface area (Å²) in [6, 6.07) is 22.6. The van der Waals surface area contributed by atoms with Crippen molar-refractivity contribution >= 4 is 22.7 Å². The zero-order valence-electron chi connectivity index (χ0n) is 16.3. The van der Waals surface area contributed by atoms with Crippen LogP contribution in [0.5, 0.6) is 0 Å². The van der Waals surface area contributed by atoms with Crippen LogP contribution in [0.25, 0.3) is 22.3 Å². The first kappa shape index (κ1) is 19.3. The third-order valence-corrected chi connectivity index (χ3v) is 4.86. The van der Waals surface area contributed by atoms with Gasteiger partial charge in [-0.2, -0.15) is 0 Å². The van der Waals surface area contributed by atoms with Crippen molar-refractivity contribution in [1.82, 2.24) is 0 Å². The maximum absolute atomic E-state index is 13.4. The first-order chi connectivity index (χ1) is 14.6. The summed E-state index contributed by atoms with van der Waals surface area (Å²) < 4.78 is 10.9. The van der Waals surface area contributed by atoms with E-state index in [9.17, 15) is 14.4 Å². The van der Waals surface area contributed by atoms with Gasteiger partial charge in [0.15, 0.2) is 0 Å². The van der Waals surface area contributed by atoms with Crippen molar-refractivity contribution in [2.24, 2.45) is 0 Å². The number of carbonyl (C=O) groups excluding carboxylic acids is 2. The summed E-state index contributed by atoms with van der Waals surface area (Å²) in [6.07, 6.45) is -0.0447. The molecular formula is C25H18O5. The second kappa shape index (κ2) is 8.17. The number of para-hydroxylation sites is 1. The molecule has 0 atom stereocenters. The zero-order chi connectivity index (χ0) is 21.1. The molecule has 1 aromatic heterocycles. The molecule has 0 radical (unpaired) electrons. The number of esters is 1. The number of hydrogen-bond acceptors (Lipinski definition) is 5. The van der Waals surface area contributed by atoms with E-state index in [1.165, 1.54) is 7.11 Å². The molecule has 0 fully saturated rings. The molecule has 4 rings (SSSR count). The Morgan fingerprint density at radius 3 is 2.20 bits per heavy atom. The van der Waals surface area contributed by atoms with E-state index in [1.54, 1.807) is 72.8 Å². The van der Waals surface area contributed by atoms with E-state index in [-0.39, 0.29) is 28.7 Å². The number of carbonyl (C=O) groups is 2. The van der Waals surface area contributed by atoms with Gasteiger partial charge in [-0.1, -0.05) is 72.8 Å². The van der Waals surface area contributed by atoms with Crippen LogP contribution in [0.4, 0.5) is 0 Å². The molecule has 0 saturated heterocycles. The minimum atomic E-state index is -0.448. The Balaban J connectivity index is 2.03. The molecule has 1 heterocycles. The van der Waals surface area contributed by atoms with Crippen molar-refractivity contribution < 1.29 is 18.7 Å². The molecule has 30 heavy (non-hydrogen) atoms. The maximum Gasteiger partial charge on any atom is 0.310 e. The molecule has 4 aromatic rings. The largest absolute Gasteiger partial charge is 0.469 e. The molecule has 0 N–H and O–H groups in total. The van der Waals surface area contributed by atoms with Crippen LogP contribution in [0.3, 0.4) is 0 Å². The zero-order valence-corrected chi connectivity index (χ0v) is 16.3. The molecular weight excluding hydrogens is 380 g/mol. The van der Waals surface area contributed by atoms with E-state index in [0.717, 1.165) is 0 Å². The maximum atomic E-state index is 13.4. The molecule has 0 unspecified atom stereocenters. The molecule has 0 spiro atoms. The molecule has 0 aliphatic heterocycles. The Morgan fingerprint density at radius 1 is 0.867 bits per heavy atom. The van der Waals surface area contributed by atoms with Crippen molar-refractivity contribution in [3.8, 4) is 11.3 Å². The highest BCUT2D eigenvalue weighted by atomic mass is 16.5. The lowest BCUT2D eigenvalue weighted by Gasteiger charge is -2.12. The molecule has 5 nitrogen and oxygen atoms in total. The number of benzene rings is 3. The van der Waals surface area contributed by atoms with Crippen LogP contribution in [0.15, 0.2) is 88.1 Å². The second-order valence-corrected chi connectivity index (χ2v) is 6.74. The van der Waals surface area contributed by atoms with Crippen LogP contribution in [0.2, 0.25) is 0 Å². The Kier molecular flexibility index (Phi) is 5.26. The second-order valence-electron chi connectivity index (χ2n) is 6.74. The van der Waals surface area contributed by atoms with Crippen molar-refractivity contribution in [2.45, 2.75) is 6.42 Å². The molecule has 5 heteroatoms. The fourth-order valence-corrected chi connectivity index (χ4v) is 3.37. The van der Waals surface area contributed by atoms with E-state index in [1.807, 2.05) is 6.07 Å². The van der Waals surface area contributed by atoms with Gasteiger partial charge in [-0.25, -0.2) is 0 Å². The van der Waals surface area contributed by atoms with Gasteiger partial charge in [-0.3, -0.25) is 14.4 Å². The lowest BCUT2D eigenvalue weighted by Crippen LogP contribution is -2.18.